The lowest BCUT2D eigenvalue weighted by Gasteiger charge is -2.27. The van der Waals surface area contributed by atoms with E-state index in [0.29, 0.717) is 13.2 Å². The summed E-state index contributed by atoms with van der Waals surface area (Å²) in [7, 11) is 0. The van der Waals surface area contributed by atoms with Gasteiger partial charge < -0.3 is 9.64 Å². The maximum Gasteiger partial charge on any atom is 0.301 e. The summed E-state index contributed by atoms with van der Waals surface area (Å²) in [6.45, 7) is 3.08. The Balaban J connectivity index is 1.69. The van der Waals surface area contributed by atoms with Crippen molar-refractivity contribution in [1.29, 1.82) is 0 Å². The molecule has 2 heterocycles. The largest absolute Gasteiger partial charge is 0.378 e. The number of non-ortho nitro benzene ring substituents is 1. The van der Waals surface area contributed by atoms with Crippen LogP contribution in [0, 0.1) is 20.2 Å². The van der Waals surface area contributed by atoms with Crippen LogP contribution in [0.5, 0.6) is 0 Å². The van der Waals surface area contributed by atoms with Crippen molar-refractivity contribution in [3.05, 3.63) is 55.4 Å². The van der Waals surface area contributed by atoms with E-state index in [-0.39, 0.29) is 11.4 Å². The lowest BCUT2D eigenvalue weighted by atomic mass is 10.2. The van der Waals surface area contributed by atoms with Crippen LogP contribution in [0.2, 0.25) is 0 Å². The molecule has 136 valence electrons. The van der Waals surface area contributed by atoms with E-state index >= 15 is 0 Å². The highest BCUT2D eigenvalue weighted by molar-refractivity contribution is 7.17. The molecule has 0 bridgehead atoms. The van der Waals surface area contributed by atoms with Crippen LogP contribution in [0.4, 0.5) is 22.1 Å². The minimum atomic E-state index is -0.688. The minimum absolute atomic E-state index is 0.0850. The van der Waals surface area contributed by atoms with Crippen LogP contribution in [0.25, 0.3) is 0 Å². The molecule has 11 heteroatoms. The minimum Gasteiger partial charge on any atom is -0.378 e. The van der Waals surface area contributed by atoms with E-state index in [1.165, 1.54) is 12.1 Å². The molecule has 0 spiro atoms. The normalized spacial score (nSPS) is 14.5. The average molecular weight is 377 g/mol. The number of ether oxygens (including phenoxy) is 1. The maximum atomic E-state index is 11.1. The molecular formula is C15H15N5O5S. The summed E-state index contributed by atoms with van der Waals surface area (Å²) in [4.78, 5) is 23.6. The van der Waals surface area contributed by atoms with Crippen molar-refractivity contribution in [3.8, 4) is 0 Å². The summed E-state index contributed by atoms with van der Waals surface area (Å²) in [6, 6.07) is 7.25. The number of hydrogen-bond donors (Lipinski definition) is 1. The zero-order valence-corrected chi connectivity index (χ0v) is 14.3. The molecule has 1 saturated heterocycles. The predicted molar refractivity (Wildman–Crippen MR) is 98.3 cm³/mol. The topological polar surface area (TPSA) is 123 Å². The fraction of sp³-hybridized carbons (Fsp3) is 0.267. The molecule has 1 fully saturated rings. The molecule has 0 radical (unpaired) electrons. The third-order valence-corrected chi connectivity index (χ3v) is 4.78. The van der Waals surface area contributed by atoms with Crippen molar-refractivity contribution < 1.29 is 14.6 Å². The quantitative estimate of drug-likeness (QED) is 0.466. The Bertz CT molecular complexity index is 847. The van der Waals surface area contributed by atoms with E-state index in [4.69, 9.17) is 4.74 Å². The second kappa shape index (κ2) is 7.89. The van der Waals surface area contributed by atoms with Crippen molar-refractivity contribution >= 4 is 39.6 Å². The molecular weight excluding hydrogens is 362 g/mol. The molecule has 1 aliphatic rings. The van der Waals surface area contributed by atoms with E-state index in [1.807, 2.05) is 12.1 Å². The second-order valence-electron chi connectivity index (χ2n) is 5.36. The first-order valence-electron chi connectivity index (χ1n) is 7.69. The molecule has 1 aliphatic heterocycles. The molecule has 2 aromatic rings. The summed E-state index contributed by atoms with van der Waals surface area (Å²) < 4.78 is 5.33. The van der Waals surface area contributed by atoms with Gasteiger partial charge in [0.1, 0.15) is 5.69 Å². The van der Waals surface area contributed by atoms with Crippen molar-refractivity contribution in [2.24, 2.45) is 5.10 Å². The highest BCUT2D eigenvalue weighted by Gasteiger charge is 2.19. The van der Waals surface area contributed by atoms with Crippen molar-refractivity contribution in [2.75, 3.05) is 36.6 Å². The molecule has 1 aromatic heterocycles. The van der Waals surface area contributed by atoms with E-state index in [2.05, 4.69) is 15.4 Å². The van der Waals surface area contributed by atoms with E-state index in [9.17, 15) is 20.2 Å². The predicted octanol–water partition coefficient (Wildman–Crippen LogP) is 2.85. The zero-order valence-electron chi connectivity index (χ0n) is 13.5. The SMILES string of the molecule is O=[N+]([O-])c1ccc(NN=Cc2ccc(N3CCOCC3)s2)c([N+](=O)[O-])c1. The van der Waals surface area contributed by atoms with Crippen LogP contribution < -0.4 is 10.3 Å². The highest BCUT2D eigenvalue weighted by Crippen LogP contribution is 2.29. The number of nitrogens with one attached hydrogen (secondary N) is 1. The van der Waals surface area contributed by atoms with Gasteiger partial charge >= 0.3 is 5.69 Å². The zero-order chi connectivity index (χ0) is 18.5. The summed E-state index contributed by atoms with van der Waals surface area (Å²) in [5.74, 6) is 0. The second-order valence-corrected chi connectivity index (χ2v) is 6.45. The van der Waals surface area contributed by atoms with Crippen LogP contribution in [0.3, 0.4) is 0 Å². The standard InChI is InChI=1S/C15H15N5O5S/c21-19(22)11-1-3-13(14(9-11)20(23)24)17-16-10-12-2-4-15(26-12)18-5-7-25-8-6-18/h1-4,9-10,17H,5-8H2. The molecule has 1 aromatic carbocycles. The number of nitrogens with zero attached hydrogens (tertiary/aromatic N) is 4. The fourth-order valence-electron chi connectivity index (χ4n) is 2.41. The van der Waals surface area contributed by atoms with Gasteiger partial charge in [-0.2, -0.15) is 5.10 Å². The lowest BCUT2D eigenvalue weighted by Crippen LogP contribution is -2.35. The van der Waals surface area contributed by atoms with Gasteiger partial charge in [-0.25, -0.2) is 0 Å². The number of nitro benzene ring substituents is 2. The number of anilines is 2. The van der Waals surface area contributed by atoms with Gasteiger partial charge in [-0.15, -0.1) is 11.3 Å². The molecule has 0 aliphatic carbocycles. The van der Waals surface area contributed by atoms with Gasteiger partial charge in [0, 0.05) is 24.0 Å². The Hall–Kier alpha value is -3.05. The number of morpholine rings is 1. The third kappa shape index (κ3) is 4.13. The first kappa shape index (κ1) is 17.8. The van der Waals surface area contributed by atoms with Crippen LogP contribution in [-0.4, -0.2) is 42.4 Å². The van der Waals surface area contributed by atoms with Gasteiger partial charge in [-0.1, -0.05) is 0 Å². The summed E-state index contributed by atoms with van der Waals surface area (Å²) in [6.07, 6.45) is 1.56. The van der Waals surface area contributed by atoms with Gasteiger partial charge in [0.05, 0.1) is 40.3 Å². The molecule has 0 atom stereocenters. The van der Waals surface area contributed by atoms with Gasteiger partial charge in [-0.3, -0.25) is 25.7 Å². The number of hydrogen-bond acceptors (Lipinski definition) is 9. The van der Waals surface area contributed by atoms with E-state index in [1.54, 1.807) is 17.6 Å². The third-order valence-electron chi connectivity index (χ3n) is 3.70. The fourth-order valence-corrected chi connectivity index (χ4v) is 3.34. The number of nitro groups is 2. The molecule has 10 nitrogen and oxygen atoms in total. The van der Waals surface area contributed by atoms with E-state index in [0.717, 1.165) is 29.0 Å². The van der Waals surface area contributed by atoms with Crippen LogP contribution in [0.15, 0.2) is 35.4 Å². The molecule has 26 heavy (non-hydrogen) atoms. The summed E-state index contributed by atoms with van der Waals surface area (Å²) in [5, 5.41) is 26.9. The monoisotopic (exact) mass is 377 g/mol. The number of thiophene rings is 1. The molecule has 3 rings (SSSR count). The Labute approximate surface area is 152 Å². The van der Waals surface area contributed by atoms with Gasteiger partial charge in [0.25, 0.3) is 5.69 Å². The Kier molecular flexibility index (Phi) is 5.39. The van der Waals surface area contributed by atoms with Gasteiger partial charge in [-0.05, 0) is 18.2 Å². The first-order chi connectivity index (χ1) is 12.5. The van der Waals surface area contributed by atoms with Gasteiger partial charge in [0.15, 0.2) is 0 Å². The summed E-state index contributed by atoms with van der Waals surface area (Å²) >= 11 is 1.55. The van der Waals surface area contributed by atoms with Crippen LogP contribution >= 0.6 is 11.3 Å². The van der Waals surface area contributed by atoms with Crippen molar-refractivity contribution in [2.45, 2.75) is 0 Å². The molecule has 1 N–H and O–H groups in total. The van der Waals surface area contributed by atoms with E-state index < -0.39 is 15.5 Å². The molecule has 0 unspecified atom stereocenters. The average Bonchev–Trinajstić information content (AvgIpc) is 3.11. The number of rotatable bonds is 6. The van der Waals surface area contributed by atoms with Crippen LogP contribution in [-0.2, 0) is 4.74 Å². The Morgan fingerprint density at radius 1 is 1.15 bits per heavy atom. The first-order valence-corrected chi connectivity index (χ1v) is 8.50. The van der Waals surface area contributed by atoms with Crippen LogP contribution in [0.1, 0.15) is 4.88 Å². The smallest absolute Gasteiger partial charge is 0.301 e. The lowest BCUT2D eigenvalue weighted by molar-refractivity contribution is -0.393. The van der Waals surface area contributed by atoms with Crippen molar-refractivity contribution in [1.82, 2.24) is 0 Å². The molecule has 0 amide bonds. The maximum absolute atomic E-state index is 11.1. The Morgan fingerprint density at radius 2 is 1.92 bits per heavy atom. The van der Waals surface area contributed by atoms with Crippen molar-refractivity contribution in [3.63, 3.8) is 0 Å². The van der Waals surface area contributed by atoms with Gasteiger partial charge in [0.2, 0.25) is 0 Å². The highest BCUT2D eigenvalue weighted by atomic mass is 32.1. The summed E-state index contributed by atoms with van der Waals surface area (Å²) in [5.41, 5.74) is 1.91. The number of hydrazone groups is 1. The number of benzene rings is 1. The molecule has 0 saturated carbocycles. The Morgan fingerprint density at radius 3 is 2.62 bits per heavy atom.